The average molecular weight is 213 g/mol. The summed E-state index contributed by atoms with van der Waals surface area (Å²) in [5, 5.41) is 8.61. The van der Waals surface area contributed by atoms with Gasteiger partial charge < -0.3 is 9.15 Å². The van der Waals surface area contributed by atoms with Crippen LogP contribution in [0.1, 0.15) is 16.1 Å². The second-order valence-electron chi connectivity index (χ2n) is 3.01. The minimum atomic E-state index is 0.212. The molecular formula is C12H7NO3. The van der Waals surface area contributed by atoms with Crippen LogP contribution in [-0.4, -0.2) is 6.29 Å². The van der Waals surface area contributed by atoms with E-state index < -0.39 is 0 Å². The Hall–Kier alpha value is -2.54. The van der Waals surface area contributed by atoms with Crippen LogP contribution < -0.4 is 4.74 Å². The molecule has 2 aromatic rings. The van der Waals surface area contributed by atoms with Crippen LogP contribution in [-0.2, 0) is 0 Å². The molecule has 4 heteroatoms. The van der Waals surface area contributed by atoms with E-state index in [9.17, 15) is 4.79 Å². The Bertz CT molecular complexity index is 534. The maximum Gasteiger partial charge on any atom is 0.290 e. The smallest absolute Gasteiger partial charge is 0.290 e. The minimum Gasteiger partial charge on any atom is -0.426 e. The largest absolute Gasteiger partial charge is 0.426 e. The van der Waals surface area contributed by atoms with Gasteiger partial charge in [-0.2, -0.15) is 5.26 Å². The number of ether oxygens (including phenoxy) is 1. The van der Waals surface area contributed by atoms with Gasteiger partial charge in [-0.05, 0) is 30.3 Å². The van der Waals surface area contributed by atoms with Gasteiger partial charge in [-0.1, -0.05) is 0 Å². The number of aldehydes is 1. The van der Waals surface area contributed by atoms with Crippen molar-refractivity contribution in [2.75, 3.05) is 0 Å². The fraction of sp³-hybridized carbons (Fsp3) is 0. The molecule has 0 bridgehead atoms. The summed E-state index contributed by atoms with van der Waals surface area (Å²) >= 11 is 0. The summed E-state index contributed by atoms with van der Waals surface area (Å²) in [4.78, 5) is 10.4. The number of carbonyl (C=O) groups is 1. The zero-order valence-electron chi connectivity index (χ0n) is 8.21. The van der Waals surface area contributed by atoms with Gasteiger partial charge in [-0.15, -0.1) is 0 Å². The zero-order chi connectivity index (χ0) is 11.4. The third-order valence-corrected chi connectivity index (χ3v) is 1.92. The van der Waals surface area contributed by atoms with Crippen LogP contribution in [0.4, 0.5) is 0 Å². The van der Waals surface area contributed by atoms with Crippen molar-refractivity contribution in [1.29, 1.82) is 5.26 Å². The zero-order valence-corrected chi connectivity index (χ0v) is 8.21. The van der Waals surface area contributed by atoms with Crippen LogP contribution >= 0.6 is 0 Å². The SMILES string of the molecule is N#Cc1ccc(Oc2ccc(C=O)o2)cc1. The van der Waals surface area contributed by atoms with E-state index in [1.165, 1.54) is 6.07 Å². The summed E-state index contributed by atoms with van der Waals surface area (Å²) in [6, 6.07) is 11.7. The lowest BCUT2D eigenvalue weighted by atomic mass is 10.2. The van der Waals surface area contributed by atoms with Crippen LogP contribution in [0.25, 0.3) is 0 Å². The van der Waals surface area contributed by atoms with Crippen molar-refractivity contribution in [3.63, 3.8) is 0 Å². The Morgan fingerprint density at radius 2 is 1.94 bits per heavy atom. The third kappa shape index (κ3) is 2.10. The molecule has 78 valence electrons. The van der Waals surface area contributed by atoms with Gasteiger partial charge in [-0.25, -0.2) is 0 Å². The van der Waals surface area contributed by atoms with Crippen LogP contribution in [0, 0.1) is 11.3 Å². The molecule has 0 radical (unpaired) electrons. The van der Waals surface area contributed by atoms with E-state index in [1.807, 2.05) is 6.07 Å². The van der Waals surface area contributed by atoms with Gasteiger partial charge in [0.15, 0.2) is 12.0 Å². The quantitative estimate of drug-likeness (QED) is 0.735. The fourth-order valence-corrected chi connectivity index (χ4v) is 1.17. The normalized spacial score (nSPS) is 9.44. The Labute approximate surface area is 91.7 Å². The van der Waals surface area contributed by atoms with Crippen LogP contribution in [0.5, 0.6) is 11.7 Å². The summed E-state index contributed by atoms with van der Waals surface area (Å²) in [6.45, 7) is 0. The van der Waals surface area contributed by atoms with E-state index >= 15 is 0 Å². The number of hydrogen-bond donors (Lipinski definition) is 0. The summed E-state index contributed by atoms with van der Waals surface area (Å²) in [5.41, 5.74) is 0.556. The highest BCUT2D eigenvalue weighted by atomic mass is 16.6. The molecule has 0 saturated heterocycles. The molecule has 0 aliphatic rings. The van der Waals surface area contributed by atoms with Crippen molar-refractivity contribution in [3.8, 4) is 17.8 Å². The van der Waals surface area contributed by atoms with Crippen molar-refractivity contribution in [1.82, 2.24) is 0 Å². The number of nitriles is 1. The first-order valence-electron chi connectivity index (χ1n) is 4.55. The highest BCUT2D eigenvalue weighted by Gasteiger charge is 2.03. The lowest BCUT2D eigenvalue weighted by Gasteiger charge is -2.00. The van der Waals surface area contributed by atoms with Crippen LogP contribution in [0.2, 0.25) is 0 Å². The molecule has 0 fully saturated rings. The number of rotatable bonds is 3. The maximum absolute atomic E-state index is 10.4. The minimum absolute atomic E-state index is 0.212. The molecule has 0 amide bonds. The molecule has 4 nitrogen and oxygen atoms in total. The van der Waals surface area contributed by atoms with Crippen LogP contribution in [0.15, 0.2) is 40.8 Å². The van der Waals surface area contributed by atoms with E-state index in [-0.39, 0.29) is 11.7 Å². The summed E-state index contributed by atoms with van der Waals surface area (Å²) in [7, 11) is 0. The molecule has 0 aliphatic carbocycles. The molecule has 0 spiro atoms. The van der Waals surface area contributed by atoms with Gasteiger partial charge in [-0.3, -0.25) is 4.79 Å². The predicted octanol–water partition coefficient (Wildman–Crippen LogP) is 2.76. The standard InChI is InChI=1S/C12H7NO3/c13-7-9-1-3-10(4-2-9)15-12-6-5-11(8-14)16-12/h1-6,8H. The average Bonchev–Trinajstić information content (AvgIpc) is 2.78. The topological polar surface area (TPSA) is 63.2 Å². The molecule has 16 heavy (non-hydrogen) atoms. The number of nitrogens with zero attached hydrogens (tertiary/aromatic N) is 1. The van der Waals surface area contributed by atoms with E-state index in [0.29, 0.717) is 17.6 Å². The molecule has 0 atom stereocenters. The molecule has 0 aliphatic heterocycles. The summed E-state index contributed by atoms with van der Waals surface area (Å²) in [5.74, 6) is 1.00. The second-order valence-corrected chi connectivity index (χ2v) is 3.01. The summed E-state index contributed by atoms with van der Waals surface area (Å²) < 4.78 is 10.4. The molecule has 1 heterocycles. The first-order valence-corrected chi connectivity index (χ1v) is 4.55. The monoisotopic (exact) mass is 213 g/mol. The first kappa shape index (κ1) is 9.99. The van der Waals surface area contributed by atoms with E-state index in [1.54, 1.807) is 30.3 Å². The summed E-state index contributed by atoms with van der Waals surface area (Å²) in [6.07, 6.45) is 0.603. The van der Waals surface area contributed by atoms with Crippen molar-refractivity contribution < 1.29 is 13.9 Å². The van der Waals surface area contributed by atoms with Gasteiger partial charge in [0.05, 0.1) is 11.6 Å². The lowest BCUT2D eigenvalue weighted by molar-refractivity contribution is 0.109. The third-order valence-electron chi connectivity index (χ3n) is 1.92. The van der Waals surface area contributed by atoms with E-state index in [4.69, 9.17) is 14.4 Å². The van der Waals surface area contributed by atoms with Crippen LogP contribution in [0.3, 0.4) is 0 Å². The molecule has 0 saturated carbocycles. The van der Waals surface area contributed by atoms with E-state index in [0.717, 1.165) is 0 Å². The first-order chi connectivity index (χ1) is 7.81. The van der Waals surface area contributed by atoms with Gasteiger partial charge >= 0.3 is 0 Å². The molecule has 2 rings (SSSR count). The van der Waals surface area contributed by atoms with E-state index in [2.05, 4.69) is 0 Å². The fourth-order valence-electron chi connectivity index (χ4n) is 1.17. The Kier molecular flexibility index (Phi) is 2.70. The maximum atomic E-state index is 10.4. The number of furan rings is 1. The Balaban J connectivity index is 2.14. The lowest BCUT2D eigenvalue weighted by Crippen LogP contribution is -1.82. The van der Waals surface area contributed by atoms with Gasteiger partial charge in [0.2, 0.25) is 0 Å². The highest BCUT2D eigenvalue weighted by Crippen LogP contribution is 2.23. The van der Waals surface area contributed by atoms with Gasteiger partial charge in [0, 0.05) is 6.07 Å². The molecule has 0 N–H and O–H groups in total. The second kappa shape index (κ2) is 4.32. The highest BCUT2D eigenvalue weighted by molar-refractivity contribution is 5.70. The van der Waals surface area contributed by atoms with Gasteiger partial charge in [0.1, 0.15) is 5.75 Å². The number of carbonyl (C=O) groups excluding carboxylic acids is 1. The van der Waals surface area contributed by atoms with Gasteiger partial charge in [0.25, 0.3) is 5.95 Å². The molecule has 1 aromatic carbocycles. The predicted molar refractivity (Wildman–Crippen MR) is 55.3 cm³/mol. The van der Waals surface area contributed by atoms with Crippen molar-refractivity contribution in [2.24, 2.45) is 0 Å². The molecule has 1 aromatic heterocycles. The Morgan fingerprint density at radius 3 is 2.50 bits per heavy atom. The van der Waals surface area contributed by atoms with Crippen molar-refractivity contribution >= 4 is 6.29 Å². The number of benzene rings is 1. The molecular weight excluding hydrogens is 206 g/mol. The van der Waals surface area contributed by atoms with Crippen molar-refractivity contribution in [2.45, 2.75) is 0 Å². The van der Waals surface area contributed by atoms with Crippen molar-refractivity contribution in [3.05, 3.63) is 47.7 Å². The molecule has 0 unspecified atom stereocenters. The number of hydrogen-bond acceptors (Lipinski definition) is 4. The Morgan fingerprint density at radius 1 is 1.19 bits per heavy atom.